The van der Waals surface area contributed by atoms with E-state index in [0.29, 0.717) is 11.6 Å². The number of hydrogen-bond acceptors (Lipinski definition) is 4. The molecule has 2 rings (SSSR count). The summed E-state index contributed by atoms with van der Waals surface area (Å²) < 4.78 is 0. The molecule has 1 aliphatic heterocycles. The molecule has 1 aliphatic rings. The Morgan fingerprint density at radius 3 is 2.38 bits per heavy atom. The van der Waals surface area contributed by atoms with E-state index in [1.54, 1.807) is 18.3 Å². The van der Waals surface area contributed by atoms with Crippen molar-refractivity contribution in [1.82, 2.24) is 16.0 Å². The van der Waals surface area contributed by atoms with Crippen molar-refractivity contribution in [3.8, 4) is 6.07 Å². The first-order valence-electron chi connectivity index (χ1n) is 8.78. The van der Waals surface area contributed by atoms with Gasteiger partial charge in [0.25, 0.3) is 5.91 Å². The summed E-state index contributed by atoms with van der Waals surface area (Å²) in [7, 11) is 0. The number of nitrogens with zero attached hydrogens (tertiary/aromatic N) is 1. The van der Waals surface area contributed by atoms with Gasteiger partial charge >= 0.3 is 0 Å². The largest absolute Gasteiger partial charge is 0.387 e. The molecule has 1 aromatic carbocycles. The Labute approximate surface area is 160 Å². The molecule has 0 radical (unpaired) electrons. The molecule has 1 fully saturated rings. The van der Waals surface area contributed by atoms with Crippen LogP contribution in [0, 0.1) is 11.3 Å². The average Bonchev–Trinajstić information content (AvgIpc) is 2.52. The third kappa shape index (κ3) is 6.05. The van der Waals surface area contributed by atoms with E-state index in [9.17, 15) is 10.1 Å². The molecule has 0 spiro atoms. The van der Waals surface area contributed by atoms with Crippen LogP contribution in [0.3, 0.4) is 0 Å². The predicted octanol–water partition coefficient (Wildman–Crippen LogP) is 3.26. The number of carbonyl (C=O) groups is 1. The van der Waals surface area contributed by atoms with Crippen molar-refractivity contribution in [3.63, 3.8) is 0 Å². The highest BCUT2D eigenvalue weighted by Gasteiger charge is 2.37. The zero-order chi connectivity index (χ0) is 19.4. The first-order chi connectivity index (χ1) is 12.1. The van der Waals surface area contributed by atoms with Gasteiger partial charge in [-0.05, 0) is 58.2 Å². The van der Waals surface area contributed by atoms with Gasteiger partial charge < -0.3 is 16.0 Å². The van der Waals surface area contributed by atoms with Gasteiger partial charge in [0.05, 0.1) is 0 Å². The third-order valence-corrected chi connectivity index (χ3v) is 4.64. The van der Waals surface area contributed by atoms with E-state index in [2.05, 4.69) is 43.6 Å². The van der Waals surface area contributed by atoms with Crippen LogP contribution >= 0.6 is 11.6 Å². The smallest absolute Gasteiger partial charge is 0.263 e. The number of benzene rings is 1. The number of rotatable bonds is 5. The van der Waals surface area contributed by atoms with Crippen molar-refractivity contribution in [2.24, 2.45) is 0 Å². The minimum Gasteiger partial charge on any atom is -0.387 e. The molecule has 5 nitrogen and oxygen atoms in total. The van der Waals surface area contributed by atoms with Crippen LogP contribution in [0.5, 0.6) is 0 Å². The minimum atomic E-state index is -0.387. The molecule has 1 saturated heterocycles. The molecule has 1 heterocycles. The fraction of sp³-hybridized carbons (Fsp3) is 0.500. The van der Waals surface area contributed by atoms with Crippen LogP contribution in [-0.2, 0) is 11.3 Å². The Morgan fingerprint density at radius 1 is 1.27 bits per heavy atom. The maximum absolute atomic E-state index is 12.3. The fourth-order valence-electron chi connectivity index (χ4n) is 3.67. The van der Waals surface area contributed by atoms with Crippen LogP contribution in [0.15, 0.2) is 36.0 Å². The Hall–Kier alpha value is -2.03. The number of carbonyl (C=O) groups excluding carboxylic acids is 1. The van der Waals surface area contributed by atoms with E-state index >= 15 is 0 Å². The number of piperidine rings is 1. The summed E-state index contributed by atoms with van der Waals surface area (Å²) in [6.45, 7) is 9.00. The second kappa shape index (κ2) is 8.11. The monoisotopic (exact) mass is 374 g/mol. The number of nitrogens with one attached hydrogen (secondary N) is 3. The normalized spacial score (nSPS) is 19.5. The summed E-state index contributed by atoms with van der Waals surface area (Å²) in [5, 5.41) is 19.6. The molecule has 0 aromatic heterocycles. The lowest BCUT2D eigenvalue weighted by Crippen LogP contribution is -2.61. The molecule has 0 atom stereocenters. The number of amides is 1. The van der Waals surface area contributed by atoms with Crippen LogP contribution in [0.2, 0.25) is 5.02 Å². The standard InChI is InChI=1S/C20H27ClN4O/c1-19(2)9-17(10-20(3,4)25-19)23-13-15(11-22)18(26)24-12-14-5-7-16(21)8-6-14/h5-8,13,17,23,25H,9-10,12H2,1-4H3,(H,24,26)/b15-13-. The average molecular weight is 375 g/mol. The molecule has 3 N–H and O–H groups in total. The lowest BCUT2D eigenvalue weighted by Gasteiger charge is -2.46. The van der Waals surface area contributed by atoms with Gasteiger partial charge in [0.2, 0.25) is 0 Å². The molecule has 1 amide bonds. The SMILES string of the molecule is CC1(C)CC(N/C=C(/C#N)C(=O)NCc2ccc(Cl)cc2)CC(C)(C)N1. The van der Waals surface area contributed by atoms with Crippen molar-refractivity contribution in [1.29, 1.82) is 5.26 Å². The summed E-state index contributed by atoms with van der Waals surface area (Å²) >= 11 is 5.85. The number of halogens is 1. The minimum absolute atomic E-state index is 0.00307. The van der Waals surface area contributed by atoms with Gasteiger partial charge in [-0.3, -0.25) is 4.79 Å². The quantitative estimate of drug-likeness (QED) is 0.546. The van der Waals surface area contributed by atoms with Crippen LogP contribution in [-0.4, -0.2) is 23.0 Å². The van der Waals surface area contributed by atoms with Gasteiger partial charge in [-0.2, -0.15) is 5.26 Å². The molecule has 0 aliphatic carbocycles. The van der Waals surface area contributed by atoms with Crippen molar-refractivity contribution in [2.45, 2.75) is 64.2 Å². The van der Waals surface area contributed by atoms with E-state index < -0.39 is 0 Å². The van der Waals surface area contributed by atoms with Gasteiger partial charge in [-0.15, -0.1) is 0 Å². The lowest BCUT2D eigenvalue weighted by atomic mass is 9.80. The van der Waals surface area contributed by atoms with Gasteiger partial charge in [0, 0.05) is 34.9 Å². The number of nitriles is 1. The van der Waals surface area contributed by atoms with E-state index in [4.69, 9.17) is 11.6 Å². The van der Waals surface area contributed by atoms with Crippen molar-refractivity contribution in [2.75, 3.05) is 0 Å². The van der Waals surface area contributed by atoms with Gasteiger partial charge in [-0.1, -0.05) is 23.7 Å². The number of hydrogen-bond donors (Lipinski definition) is 3. The van der Waals surface area contributed by atoms with Gasteiger partial charge in [0.15, 0.2) is 0 Å². The zero-order valence-electron chi connectivity index (χ0n) is 15.8. The molecule has 0 bridgehead atoms. The van der Waals surface area contributed by atoms with E-state index in [-0.39, 0.29) is 28.6 Å². The highest BCUT2D eigenvalue weighted by Crippen LogP contribution is 2.28. The van der Waals surface area contributed by atoms with Gasteiger partial charge in [0.1, 0.15) is 11.6 Å². The molecule has 0 unspecified atom stereocenters. The fourth-order valence-corrected chi connectivity index (χ4v) is 3.80. The molecule has 6 heteroatoms. The Kier molecular flexibility index (Phi) is 6.33. The summed E-state index contributed by atoms with van der Waals surface area (Å²) in [5.41, 5.74) is 0.997. The summed E-state index contributed by atoms with van der Waals surface area (Å²) in [4.78, 5) is 12.3. The first kappa shape index (κ1) is 20.3. The Balaban J connectivity index is 1.95. The summed E-state index contributed by atoms with van der Waals surface area (Å²) in [5.74, 6) is -0.387. The van der Waals surface area contributed by atoms with Crippen LogP contribution in [0.25, 0.3) is 0 Å². The van der Waals surface area contributed by atoms with Crippen molar-refractivity contribution < 1.29 is 4.79 Å². The van der Waals surface area contributed by atoms with E-state index in [0.717, 1.165) is 18.4 Å². The van der Waals surface area contributed by atoms with Crippen LogP contribution in [0.4, 0.5) is 0 Å². The maximum Gasteiger partial charge on any atom is 0.263 e. The molecule has 0 saturated carbocycles. The summed E-state index contributed by atoms with van der Waals surface area (Å²) in [6.07, 6.45) is 3.37. The molecule has 1 aromatic rings. The molecular formula is C20H27ClN4O. The Morgan fingerprint density at radius 2 is 1.85 bits per heavy atom. The Bertz CT molecular complexity index is 700. The third-order valence-electron chi connectivity index (χ3n) is 4.38. The van der Waals surface area contributed by atoms with E-state index in [1.807, 2.05) is 18.2 Å². The molecule has 140 valence electrons. The van der Waals surface area contributed by atoms with Crippen LogP contribution < -0.4 is 16.0 Å². The summed E-state index contributed by atoms with van der Waals surface area (Å²) in [6, 6.07) is 9.41. The highest BCUT2D eigenvalue weighted by molar-refractivity contribution is 6.30. The van der Waals surface area contributed by atoms with Crippen molar-refractivity contribution in [3.05, 3.63) is 46.6 Å². The van der Waals surface area contributed by atoms with Crippen molar-refractivity contribution >= 4 is 17.5 Å². The van der Waals surface area contributed by atoms with Crippen LogP contribution in [0.1, 0.15) is 46.1 Å². The maximum atomic E-state index is 12.3. The second-order valence-electron chi connectivity index (χ2n) is 8.14. The zero-order valence-corrected chi connectivity index (χ0v) is 16.6. The first-order valence-corrected chi connectivity index (χ1v) is 9.16. The molecule has 26 heavy (non-hydrogen) atoms. The molecular weight excluding hydrogens is 348 g/mol. The topological polar surface area (TPSA) is 77.0 Å². The predicted molar refractivity (Wildman–Crippen MR) is 104 cm³/mol. The van der Waals surface area contributed by atoms with Gasteiger partial charge in [-0.25, -0.2) is 0 Å². The highest BCUT2D eigenvalue weighted by atomic mass is 35.5. The van der Waals surface area contributed by atoms with E-state index in [1.165, 1.54) is 0 Å². The lowest BCUT2D eigenvalue weighted by molar-refractivity contribution is -0.117. The second-order valence-corrected chi connectivity index (χ2v) is 8.58.